The van der Waals surface area contributed by atoms with Crippen molar-refractivity contribution in [3.63, 3.8) is 0 Å². The minimum Gasteiger partial charge on any atom is -0.496 e. The topological polar surface area (TPSA) is 58.1 Å². The molecule has 0 aromatic heterocycles. The van der Waals surface area contributed by atoms with Crippen LogP contribution in [-0.4, -0.2) is 63.9 Å². The molecule has 1 fully saturated rings. The fourth-order valence-electron chi connectivity index (χ4n) is 3.02. The molecule has 1 aliphatic rings. The van der Waals surface area contributed by atoms with Crippen LogP contribution in [0.1, 0.15) is 19.4 Å². The van der Waals surface area contributed by atoms with Crippen LogP contribution >= 0.6 is 15.9 Å². The molecule has 1 heterocycles. The number of methoxy groups -OCH3 is 1. The molecule has 1 unspecified atom stereocenters. The molecule has 0 amide bonds. The van der Waals surface area contributed by atoms with E-state index in [1.54, 1.807) is 14.2 Å². The van der Waals surface area contributed by atoms with Crippen molar-refractivity contribution < 1.29 is 9.47 Å². The third kappa shape index (κ3) is 6.78. The van der Waals surface area contributed by atoms with Gasteiger partial charge in [0.05, 0.1) is 24.3 Å². The Labute approximate surface area is 165 Å². The number of hydrogen-bond donors (Lipinski definition) is 2. The highest BCUT2D eigenvalue weighted by molar-refractivity contribution is 9.10. The average molecular weight is 427 g/mol. The van der Waals surface area contributed by atoms with E-state index in [0.29, 0.717) is 12.5 Å². The Morgan fingerprint density at radius 3 is 2.88 bits per heavy atom. The summed E-state index contributed by atoms with van der Waals surface area (Å²) < 4.78 is 12.1. The molecule has 1 saturated heterocycles. The van der Waals surface area contributed by atoms with Crippen molar-refractivity contribution in [3.8, 4) is 5.75 Å². The van der Waals surface area contributed by atoms with E-state index in [4.69, 9.17) is 9.47 Å². The SMILES string of the molecule is CN=C(NCc1ccc(OC)c(Br)c1)NCC1CN(CC(C)C)CCO1. The van der Waals surface area contributed by atoms with Crippen molar-refractivity contribution in [1.29, 1.82) is 0 Å². The molecule has 0 spiro atoms. The molecule has 1 aliphatic heterocycles. The zero-order chi connectivity index (χ0) is 18.9. The Morgan fingerprint density at radius 1 is 1.42 bits per heavy atom. The number of hydrogen-bond acceptors (Lipinski definition) is 4. The van der Waals surface area contributed by atoms with E-state index in [1.807, 2.05) is 18.2 Å². The maximum Gasteiger partial charge on any atom is 0.191 e. The molecule has 0 radical (unpaired) electrons. The van der Waals surface area contributed by atoms with Crippen LogP contribution in [0.25, 0.3) is 0 Å². The maximum absolute atomic E-state index is 5.88. The van der Waals surface area contributed by atoms with Gasteiger partial charge in [0.1, 0.15) is 5.75 Å². The smallest absolute Gasteiger partial charge is 0.191 e. The van der Waals surface area contributed by atoms with Gasteiger partial charge in [0.25, 0.3) is 0 Å². The molecular formula is C19H31BrN4O2. The van der Waals surface area contributed by atoms with Crippen molar-refractivity contribution in [2.75, 3.05) is 46.9 Å². The van der Waals surface area contributed by atoms with E-state index in [9.17, 15) is 0 Å². The predicted octanol–water partition coefficient (Wildman–Crippen LogP) is 2.48. The third-order valence-electron chi connectivity index (χ3n) is 4.24. The number of halogens is 1. The van der Waals surface area contributed by atoms with Crippen LogP contribution in [0.2, 0.25) is 0 Å². The first-order valence-corrected chi connectivity index (χ1v) is 9.92. The highest BCUT2D eigenvalue weighted by Gasteiger charge is 2.21. The van der Waals surface area contributed by atoms with Gasteiger partial charge in [-0.2, -0.15) is 0 Å². The number of morpholine rings is 1. The van der Waals surface area contributed by atoms with Crippen molar-refractivity contribution in [1.82, 2.24) is 15.5 Å². The summed E-state index contributed by atoms with van der Waals surface area (Å²) in [5.74, 6) is 2.29. The highest BCUT2D eigenvalue weighted by atomic mass is 79.9. The standard InChI is InChI=1S/C19H31BrN4O2/c1-14(2)12-24-7-8-26-16(13-24)11-23-19(21-3)22-10-15-5-6-18(25-4)17(20)9-15/h5-6,9,14,16H,7-8,10-13H2,1-4H3,(H2,21,22,23). The van der Waals surface area contributed by atoms with Crippen LogP contribution in [0.5, 0.6) is 5.75 Å². The Balaban J connectivity index is 1.78. The van der Waals surface area contributed by atoms with E-state index in [-0.39, 0.29) is 6.10 Å². The predicted molar refractivity (Wildman–Crippen MR) is 110 cm³/mol. The summed E-state index contributed by atoms with van der Waals surface area (Å²) in [5, 5.41) is 6.71. The molecule has 146 valence electrons. The fourth-order valence-corrected chi connectivity index (χ4v) is 3.61. The molecule has 1 atom stereocenters. The van der Waals surface area contributed by atoms with Gasteiger partial charge >= 0.3 is 0 Å². The van der Waals surface area contributed by atoms with Crippen LogP contribution in [0.3, 0.4) is 0 Å². The molecule has 26 heavy (non-hydrogen) atoms. The second kappa shape index (κ2) is 10.7. The number of benzene rings is 1. The van der Waals surface area contributed by atoms with Crippen LogP contribution in [0, 0.1) is 5.92 Å². The summed E-state index contributed by atoms with van der Waals surface area (Å²) in [6.07, 6.45) is 0.191. The lowest BCUT2D eigenvalue weighted by atomic mass is 10.2. The summed E-state index contributed by atoms with van der Waals surface area (Å²) in [6, 6.07) is 6.04. The van der Waals surface area contributed by atoms with Gasteiger partial charge in [-0.25, -0.2) is 0 Å². The van der Waals surface area contributed by atoms with Gasteiger partial charge in [0.15, 0.2) is 5.96 Å². The normalized spacial score (nSPS) is 18.8. The van der Waals surface area contributed by atoms with Gasteiger partial charge in [-0.1, -0.05) is 19.9 Å². The Hall–Kier alpha value is -1.31. The summed E-state index contributed by atoms with van der Waals surface area (Å²) in [5.41, 5.74) is 1.15. The monoisotopic (exact) mass is 426 g/mol. The number of guanidine groups is 1. The first-order valence-electron chi connectivity index (χ1n) is 9.12. The number of ether oxygens (including phenoxy) is 2. The first-order chi connectivity index (χ1) is 12.5. The first kappa shape index (κ1) is 21.0. The molecule has 0 aliphatic carbocycles. The Morgan fingerprint density at radius 2 is 2.23 bits per heavy atom. The van der Waals surface area contributed by atoms with Gasteiger partial charge in [-0.15, -0.1) is 0 Å². The Kier molecular flexibility index (Phi) is 8.68. The van der Waals surface area contributed by atoms with Gasteiger partial charge < -0.3 is 20.1 Å². The highest BCUT2D eigenvalue weighted by Crippen LogP contribution is 2.25. The number of rotatable bonds is 7. The number of nitrogens with zero attached hydrogens (tertiary/aromatic N) is 2. The van der Waals surface area contributed by atoms with E-state index in [0.717, 1.165) is 54.5 Å². The van der Waals surface area contributed by atoms with Gasteiger partial charge in [-0.05, 0) is 39.5 Å². The molecule has 1 aromatic rings. The average Bonchev–Trinajstić information content (AvgIpc) is 2.62. The minimum atomic E-state index is 0.191. The number of nitrogens with one attached hydrogen (secondary N) is 2. The van der Waals surface area contributed by atoms with Gasteiger partial charge in [-0.3, -0.25) is 9.89 Å². The summed E-state index contributed by atoms with van der Waals surface area (Å²) in [6.45, 7) is 9.86. The van der Waals surface area contributed by atoms with Gasteiger partial charge in [0, 0.05) is 39.8 Å². The molecule has 6 nitrogen and oxygen atoms in total. The molecule has 0 bridgehead atoms. The summed E-state index contributed by atoms with van der Waals surface area (Å²) in [4.78, 5) is 6.78. The quantitative estimate of drug-likeness (QED) is 0.517. The molecule has 7 heteroatoms. The fraction of sp³-hybridized carbons (Fsp3) is 0.632. The van der Waals surface area contributed by atoms with Crippen LogP contribution < -0.4 is 15.4 Å². The number of aliphatic imine (C=N–C) groups is 1. The molecular weight excluding hydrogens is 396 g/mol. The van der Waals surface area contributed by atoms with Crippen molar-refractivity contribution in [2.45, 2.75) is 26.5 Å². The summed E-state index contributed by atoms with van der Waals surface area (Å²) in [7, 11) is 3.45. The lowest BCUT2D eigenvalue weighted by Gasteiger charge is -2.34. The largest absolute Gasteiger partial charge is 0.496 e. The lowest BCUT2D eigenvalue weighted by molar-refractivity contribution is -0.0284. The van der Waals surface area contributed by atoms with E-state index in [1.165, 1.54) is 0 Å². The summed E-state index contributed by atoms with van der Waals surface area (Å²) >= 11 is 3.52. The van der Waals surface area contributed by atoms with E-state index >= 15 is 0 Å². The maximum atomic E-state index is 5.88. The molecule has 1 aromatic carbocycles. The van der Waals surface area contributed by atoms with Crippen molar-refractivity contribution in [2.24, 2.45) is 10.9 Å². The zero-order valence-electron chi connectivity index (χ0n) is 16.2. The van der Waals surface area contributed by atoms with Crippen LogP contribution in [-0.2, 0) is 11.3 Å². The zero-order valence-corrected chi connectivity index (χ0v) is 17.8. The third-order valence-corrected chi connectivity index (χ3v) is 4.86. The lowest BCUT2D eigenvalue weighted by Crippen LogP contribution is -2.50. The van der Waals surface area contributed by atoms with Crippen molar-refractivity contribution >= 4 is 21.9 Å². The molecule has 2 N–H and O–H groups in total. The van der Waals surface area contributed by atoms with E-state index < -0.39 is 0 Å². The Bertz CT molecular complexity index is 595. The molecule has 0 saturated carbocycles. The van der Waals surface area contributed by atoms with Gasteiger partial charge in [0.2, 0.25) is 0 Å². The second-order valence-electron chi connectivity index (χ2n) is 6.92. The van der Waals surface area contributed by atoms with Crippen LogP contribution in [0.4, 0.5) is 0 Å². The van der Waals surface area contributed by atoms with Crippen molar-refractivity contribution in [3.05, 3.63) is 28.2 Å². The van der Waals surface area contributed by atoms with E-state index in [2.05, 4.69) is 50.3 Å². The minimum absolute atomic E-state index is 0.191. The second-order valence-corrected chi connectivity index (χ2v) is 7.78. The molecule has 2 rings (SSSR count). The van der Waals surface area contributed by atoms with Crippen LogP contribution in [0.15, 0.2) is 27.7 Å².